The molecule has 0 spiro atoms. The Kier molecular flexibility index (Phi) is 4.72. The molecule has 0 atom stereocenters. The molecule has 0 unspecified atom stereocenters. The molecule has 0 aliphatic heterocycles. The van der Waals surface area contributed by atoms with Crippen LogP contribution in [0.15, 0.2) is 28.7 Å². The molecule has 3 rings (SSSR count). The Bertz CT molecular complexity index is 584. The van der Waals surface area contributed by atoms with E-state index in [0.717, 1.165) is 25.4 Å². The zero-order chi connectivity index (χ0) is 14.5. The highest BCUT2D eigenvalue weighted by Crippen LogP contribution is 2.19. The van der Waals surface area contributed by atoms with E-state index in [0.29, 0.717) is 22.6 Å². The number of ether oxygens (including phenoxy) is 1. The third kappa shape index (κ3) is 4.72. The first kappa shape index (κ1) is 14.4. The Morgan fingerprint density at radius 1 is 1.29 bits per heavy atom. The number of aryl methyl sites for hydroxylation is 1. The number of rotatable bonds is 8. The van der Waals surface area contributed by atoms with E-state index < -0.39 is 0 Å². The highest BCUT2D eigenvalue weighted by atomic mass is 35.5. The van der Waals surface area contributed by atoms with Crippen molar-refractivity contribution >= 4 is 11.6 Å². The fourth-order valence-electron chi connectivity index (χ4n) is 1.98. The predicted molar refractivity (Wildman–Crippen MR) is 79.4 cm³/mol. The number of nitrogens with one attached hydrogen (secondary N) is 1. The van der Waals surface area contributed by atoms with Crippen LogP contribution in [0.5, 0.6) is 5.75 Å². The predicted octanol–water partition coefficient (Wildman–Crippen LogP) is 2.99. The van der Waals surface area contributed by atoms with Crippen LogP contribution in [0.3, 0.4) is 0 Å². The van der Waals surface area contributed by atoms with Gasteiger partial charge >= 0.3 is 0 Å². The van der Waals surface area contributed by atoms with Crippen molar-refractivity contribution < 1.29 is 9.15 Å². The number of aromatic nitrogens is 2. The van der Waals surface area contributed by atoms with Crippen molar-refractivity contribution in [3.05, 3.63) is 41.1 Å². The Labute approximate surface area is 128 Å². The number of nitrogens with zero attached hydrogens (tertiary/aromatic N) is 2. The van der Waals surface area contributed by atoms with Gasteiger partial charge in [-0.05, 0) is 44.0 Å². The fraction of sp³-hybridized carbons (Fsp3) is 0.467. The van der Waals surface area contributed by atoms with Gasteiger partial charge < -0.3 is 14.5 Å². The maximum atomic E-state index is 5.89. The van der Waals surface area contributed by atoms with Crippen molar-refractivity contribution in [1.82, 2.24) is 15.5 Å². The van der Waals surface area contributed by atoms with Gasteiger partial charge in [0.15, 0.2) is 6.61 Å². The molecule has 0 radical (unpaired) electrons. The molecule has 112 valence electrons. The third-order valence-corrected chi connectivity index (χ3v) is 3.48. The van der Waals surface area contributed by atoms with Gasteiger partial charge in [0.2, 0.25) is 5.89 Å². The van der Waals surface area contributed by atoms with E-state index in [1.54, 1.807) is 12.1 Å². The number of hydrogen-bond acceptors (Lipinski definition) is 5. The summed E-state index contributed by atoms with van der Waals surface area (Å²) in [5.41, 5.74) is 0. The van der Waals surface area contributed by atoms with E-state index in [1.165, 1.54) is 12.8 Å². The van der Waals surface area contributed by atoms with Crippen LogP contribution in [0, 0.1) is 0 Å². The summed E-state index contributed by atoms with van der Waals surface area (Å²) in [6.07, 6.45) is 4.42. The molecular formula is C15H18ClN3O2. The smallest absolute Gasteiger partial charge is 0.253 e. The van der Waals surface area contributed by atoms with Gasteiger partial charge in [-0.15, -0.1) is 10.2 Å². The zero-order valence-electron chi connectivity index (χ0n) is 11.7. The number of benzene rings is 1. The molecule has 1 N–H and O–H groups in total. The minimum absolute atomic E-state index is 0.258. The number of halogens is 1. The molecule has 1 heterocycles. The largest absolute Gasteiger partial charge is 0.484 e. The molecule has 0 bridgehead atoms. The minimum Gasteiger partial charge on any atom is -0.484 e. The first-order chi connectivity index (χ1) is 10.3. The van der Waals surface area contributed by atoms with Crippen LogP contribution in [0.4, 0.5) is 0 Å². The second-order valence-electron chi connectivity index (χ2n) is 5.17. The van der Waals surface area contributed by atoms with Crippen LogP contribution >= 0.6 is 11.6 Å². The molecule has 0 saturated heterocycles. The molecule has 0 amide bonds. The van der Waals surface area contributed by atoms with Gasteiger partial charge in [-0.25, -0.2) is 0 Å². The van der Waals surface area contributed by atoms with Crippen LogP contribution in [-0.4, -0.2) is 22.8 Å². The van der Waals surface area contributed by atoms with E-state index in [-0.39, 0.29) is 6.61 Å². The van der Waals surface area contributed by atoms with Gasteiger partial charge in [0.05, 0.1) is 0 Å². The topological polar surface area (TPSA) is 60.2 Å². The molecule has 21 heavy (non-hydrogen) atoms. The van der Waals surface area contributed by atoms with Crippen molar-refractivity contribution in [2.45, 2.75) is 38.3 Å². The maximum Gasteiger partial charge on any atom is 0.253 e. The average molecular weight is 308 g/mol. The van der Waals surface area contributed by atoms with E-state index in [2.05, 4.69) is 15.5 Å². The number of hydrogen-bond donors (Lipinski definition) is 1. The summed E-state index contributed by atoms with van der Waals surface area (Å²) in [4.78, 5) is 0. The van der Waals surface area contributed by atoms with E-state index >= 15 is 0 Å². The van der Waals surface area contributed by atoms with Crippen molar-refractivity contribution in [2.24, 2.45) is 0 Å². The zero-order valence-corrected chi connectivity index (χ0v) is 12.5. The standard InChI is InChI=1S/C15H18ClN3O2/c16-11-3-1-4-13(9-11)20-10-15-19-18-14(21-15)5-2-8-17-12-6-7-12/h1,3-4,9,12,17H,2,5-8,10H2. The molecule has 1 aromatic heterocycles. The van der Waals surface area contributed by atoms with Crippen molar-refractivity contribution in [3.63, 3.8) is 0 Å². The lowest BCUT2D eigenvalue weighted by Crippen LogP contribution is -2.17. The summed E-state index contributed by atoms with van der Waals surface area (Å²) >= 11 is 5.89. The van der Waals surface area contributed by atoms with Crippen molar-refractivity contribution in [2.75, 3.05) is 6.54 Å². The Morgan fingerprint density at radius 2 is 2.14 bits per heavy atom. The summed E-state index contributed by atoms with van der Waals surface area (Å²) < 4.78 is 11.1. The summed E-state index contributed by atoms with van der Waals surface area (Å²) in [5.74, 6) is 1.84. The van der Waals surface area contributed by atoms with E-state index in [1.807, 2.05) is 12.1 Å². The molecule has 1 aromatic carbocycles. The van der Waals surface area contributed by atoms with Gasteiger partial charge in [0, 0.05) is 17.5 Å². The minimum atomic E-state index is 0.258. The fourth-order valence-corrected chi connectivity index (χ4v) is 2.16. The Hall–Kier alpha value is -1.59. The summed E-state index contributed by atoms with van der Waals surface area (Å²) in [6.45, 7) is 1.26. The lowest BCUT2D eigenvalue weighted by atomic mass is 10.3. The average Bonchev–Trinajstić information content (AvgIpc) is 3.20. The van der Waals surface area contributed by atoms with Crippen LogP contribution < -0.4 is 10.1 Å². The highest BCUT2D eigenvalue weighted by molar-refractivity contribution is 6.30. The van der Waals surface area contributed by atoms with Gasteiger partial charge in [-0.3, -0.25) is 0 Å². The second-order valence-corrected chi connectivity index (χ2v) is 5.60. The highest BCUT2D eigenvalue weighted by Gasteiger charge is 2.19. The van der Waals surface area contributed by atoms with Crippen molar-refractivity contribution in [3.8, 4) is 5.75 Å². The van der Waals surface area contributed by atoms with E-state index in [9.17, 15) is 0 Å². The van der Waals surface area contributed by atoms with Crippen LogP contribution in [-0.2, 0) is 13.0 Å². The lowest BCUT2D eigenvalue weighted by Gasteiger charge is -2.02. The van der Waals surface area contributed by atoms with Gasteiger partial charge in [0.25, 0.3) is 5.89 Å². The molecule has 1 aliphatic carbocycles. The quantitative estimate of drug-likeness (QED) is 0.760. The molecule has 2 aromatic rings. The maximum absolute atomic E-state index is 5.89. The van der Waals surface area contributed by atoms with Gasteiger partial charge in [-0.2, -0.15) is 0 Å². The van der Waals surface area contributed by atoms with Crippen LogP contribution in [0.1, 0.15) is 31.0 Å². The molecule has 1 aliphatic rings. The van der Waals surface area contributed by atoms with Crippen molar-refractivity contribution in [1.29, 1.82) is 0 Å². The molecule has 5 nitrogen and oxygen atoms in total. The SMILES string of the molecule is Clc1cccc(OCc2nnc(CCCNC3CC3)o2)c1. The second kappa shape index (κ2) is 6.91. The molecule has 1 fully saturated rings. The van der Waals surface area contributed by atoms with Gasteiger partial charge in [-0.1, -0.05) is 17.7 Å². The van der Waals surface area contributed by atoms with Crippen LogP contribution in [0.2, 0.25) is 5.02 Å². The summed E-state index contributed by atoms with van der Waals surface area (Å²) in [6, 6.07) is 7.97. The van der Waals surface area contributed by atoms with Crippen LogP contribution in [0.25, 0.3) is 0 Å². The van der Waals surface area contributed by atoms with E-state index in [4.69, 9.17) is 20.8 Å². The first-order valence-electron chi connectivity index (χ1n) is 7.22. The Morgan fingerprint density at radius 3 is 2.95 bits per heavy atom. The lowest BCUT2D eigenvalue weighted by molar-refractivity contribution is 0.258. The monoisotopic (exact) mass is 307 g/mol. The van der Waals surface area contributed by atoms with Gasteiger partial charge in [0.1, 0.15) is 5.75 Å². The Balaban J connectivity index is 1.41. The molecular weight excluding hydrogens is 290 g/mol. The normalized spacial score (nSPS) is 14.3. The summed E-state index contributed by atoms with van der Waals surface area (Å²) in [5, 5.41) is 12.1. The molecule has 1 saturated carbocycles. The third-order valence-electron chi connectivity index (χ3n) is 3.24. The summed E-state index contributed by atoms with van der Waals surface area (Å²) in [7, 11) is 0. The first-order valence-corrected chi connectivity index (χ1v) is 7.60. The molecule has 6 heteroatoms.